The summed E-state index contributed by atoms with van der Waals surface area (Å²) in [6.45, 7) is 5.37. The monoisotopic (exact) mass is 346 g/mol. The van der Waals surface area contributed by atoms with E-state index in [2.05, 4.69) is 36.6 Å². The van der Waals surface area contributed by atoms with Crippen molar-refractivity contribution >= 4 is 17.5 Å². The van der Waals surface area contributed by atoms with Crippen molar-refractivity contribution in [3.05, 3.63) is 29.8 Å². The Bertz CT molecular complexity index is 561. The van der Waals surface area contributed by atoms with Crippen LogP contribution in [0.1, 0.15) is 51.0 Å². The number of carbonyl (C=O) groups excluding carboxylic acids is 2. The van der Waals surface area contributed by atoms with Gasteiger partial charge in [-0.25, -0.2) is 0 Å². The molecule has 0 spiro atoms. The second-order valence-corrected chi connectivity index (χ2v) is 7.10. The summed E-state index contributed by atoms with van der Waals surface area (Å²) in [5.74, 6) is 0.643. The molecule has 0 atom stereocenters. The lowest BCUT2D eigenvalue weighted by Gasteiger charge is -2.27. The third-order valence-corrected chi connectivity index (χ3v) is 4.92. The quantitative estimate of drug-likeness (QED) is 0.744. The van der Waals surface area contributed by atoms with Crippen LogP contribution in [0.4, 0.5) is 5.69 Å². The predicted octanol–water partition coefficient (Wildman–Crippen LogP) is 3.32. The van der Waals surface area contributed by atoms with Gasteiger partial charge in [0.25, 0.3) is 0 Å². The molecule has 1 aromatic carbocycles. The van der Waals surface area contributed by atoms with Crippen LogP contribution in [0.25, 0.3) is 0 Å². The van der Waals surface area contributed by atoms with Gasteiger partial charge in [-0.3, -0.25) is 9.59 Å². The minimum absolute atomic E-state index is 0.00667. The lowest BCUT2D eigenvalue weighted by molar-refractivity contribution is -0.128. The van der Waals surface area contributed by atoms with Crippen LogP contribution in [0.5, 0.6) is 0 Å². The van der Waals surface area contributed by atoms with Crippen LogP contribution in [0.3, 0.4) is 0 Å². The van der Waals surface area contributed by atoms with Gasteiger partial charge in [0.1, 0.15) is 0 Å². The van der Waals surface area contributed by atoms with Gasteiger partial charge in [-0.05, 0) is 49.3 Å². The number of nitrogens with one attached hydrogen (secondary N) is 2. The number of ether oxygens (including phenoxy) is 1. The summed E-state index contributed by atoms with van der Waals surface area (Å²) in [6.07, 6.45) is 3.06. The zero-order valence-electron chi connectivity index (χ0n) is 15.5. The Balaban J connectivity index is 1.78. The predicted molar refractivity (Wildman–Crippen MR) is 99.5 cm³/mol. The molecule has 1 aliphatic carbocycles. The van der Waals surface area contributed by atoms with Gasteiger partial charge in [0.05, 0.1) is 6.61 Å². The molecular formula is C20H30N2O3. The summed E-state index contributed by atoms with van der Waals surface area (Å²) in [5.41, 5.74) is 2.10. The number of hydrogen-bond donors (Lipinski definition) is 2. The molecule has 5 nitrogen and oxygen atoms in total. The van der Waals surface area contributed by atoms with Gasteiger partial charge < -0.3 is 15.4 Å². The largest absolute Gasteiger partial charge is 0.383 e. The van der Waals surface area contributed by atoms with Crippen molar-refractivity contribution in [2.45, 2.75) is 45.4 Å². The summed E-state index contributed by atoms with van der Waals surface area (Å²) in [5, 5.41) is 5.89. The van der Waals surface area contributed by atoms with E-state index in [1.165, 1.54) is 5.56 Å². The van der Waals surface area contributed by atoms with Gasteiger partial charge in [-0.2, -0.15) is 0 Å². The van der Waals surface area contributed by atoms with E-state index in [1.54, 1.807) is 7.11 Å². The Hall–Kier alpha value is -1.88. The Morgan fingerprint density at radius 3 is 2.12 bits per heavy atom. The average molecular weight is 346 g/mol. The van der Waals surface area contributed by atoms with Gasteiger partial charge in [0, 0.05) is 31.2 Å². The molecule has 2 rings (SSSR count). The first-order valence-corrected chi connectivity index (χ1v) is 9.18. The Morgan fingerprint density at radius 1 is 1.04 bits per heavy atom. The molecule has 0 radical (unpaired) electrons. The number of hydrogen-bond acceptors (Lipinski definition) is 3. The van der Waals surface area contributed by atoms with Crippen LogP contribution in [-0.4, -0.2) is 32.1 Å². The van der Waals surface area contributed by atoms with Crippen molar-refractivity contribution in [2.75, 3.05) is 25.6 Å². The van der Waals surface area contributed by atoms with E-state index in [0.29, 0.717) is 19.1 Å². The molecule has 138 valence electrons. The molecular weight excluding hydrogens is 316 g/mol. The summed E-state index contributed by atoms with van der Waals surface area (Å²) in [4.78, 5) is 24.5. The molecule has 25 heavy (non-hydrogen) atoms. The highest BCUT2D eigenvalue weighted by Gasteiger charge is 2.29. The summed E-state index contributed by atoms with van der Waals surface area (Å²) >= 11 is 0. The highest BCUT2D eigenvalue weighted by atomic mass is 16.5. The number of anilines is 1. The zero-order chi connectivity index (χ0) is 18.2. The second kappa shape index (κ2) is 9.56. The lowest BCUT2D eigenvalue weighted by atomic mass is 9.81. The highest BCUT2D eigenvalue weighted by Crippen LogP contribution is 2.30. The SMILES string of the molecule is COCCNC(=O)C1CCC(C(=O)Nc2ccc(C(C)C)cc2)CC1. The lowest BCUT2D eigenvalue weighted by Crippen LogP contribution is -2.36. The van der Waals surface area contributed by atoms with Crippen molar-refractivity contribution in [1.82, 2.24) is 5.32 Å². The fourth-order valence-electron chi connectivity index (χ4n) is 3.23. The molecule has 1 fully saturated rings. The van der Waals surface area contributed by atoms with Crippen LogP contribution in [0.2, 0.25) is 0 Å². The average Bonchev–Trinajstić information content (AvgIpc) is 2.62. The molecule has 0 bridgehead atoms. The summed E-state index contributed by atoms with van der Waals surface area (Å²) in [7, 11) is 1.62. The topological polar surface area (TPSA) is 67.4 Å². The third kappa shape index (κ3) is 5.85. The molecule has 1 aliphatic rings. The van der Waals surface area contributed by atoms with Crippen molar-refractivity contribution in [3.8, 4) is 0 Å². The van der Waals surface area contributed by atoms with Crippen LogP contribution in [0, 0.1) is 11.8 Å². The van der Waals surface area contributed by atoms with Gasteiger partial charge >= 0.3 is 0 Å². The van der Waals surface area contributed by atoms with E-state index in [0.717, 1.165) is 31.4 Å². The molecule has 0 unspecified atom stereocenters. The number of amides is 2. The first kappa shape index (κ1) is 19.4. The smallest absolute Gasteiger partial charge is 0.227 e. The minimum Gasteiger partial charge on any atom is -0.383 e. The number of methoxy groups -OCH3 is 1. The van der Waals surface area contributed by atoms with Gasteiger partial charge in [0.15, 0.2) is 0 Å². The van der Waals surface area contributed by atoms with Gasteiger partial charge in [-0.15, -0.1) is 0 Å². The minimum atomic E-state index is -0.00667. The molecule has 2 amide bonds. The third-order valence-electron chi connectivity index (χ3n) is 4.92. The van der Waals surface area contributed by atoms with Crippen molar-refractivity contribution in [2.24, 2.45) is 11.8 Å². The maximum atomic E-state index is 12.4. The molecule has 0 heterocycles. The van der Waals surface area contributed by atoms with Gasteiger partial charge in [-0.1, -0.05) is 26.0 Å². The van der Waals surface area contributed by atoms with E-state index in [1.807, 2.05) is 12.1 Å². The Kier molecular flexibility index (Phi) is 7.44. The van der Waals surface area contributed by atoms with E-state index >= 15 is 0 Å². The molecule has 2 N–H and O–H groups in total. The summed E-state index contributed by atoms with van der Waals surface area (Å²) in [6, 6.07) is 8.04. The maximum absolute atomic E-state index is 12.4. The molecule has 1 aromatic rings. The van der Waals surface area contributed by atoms with Crippen molar-refractivity contribution in [3.63, 3.8) is 0 Å². The molecule has 1 saturated carbocycles. The molecule has 0 saturated heterocycles. The van der Waals surface area contributed by atoms with E-state index in [4.69, 9.17) is 4.74 Å². The highest BCUT2D eigenvalue weighted by molar-refractivity contribution is 5.92. The molecule has 0 aromatic heterocycles. The van der Waals surface area contributed by atoms with Crippen LogP contribution in [-0.2, 0) is 14.3 Å². The van der Waals surface area contributed by atoms with Crippen LogP contribution in [0.15, 0.2) is 24.3 Å². The first-order valence-electron chi connectivity index (χ1n) is 9.18. The van der Waals surface area contributed by atoms with E-state index < -0.39 is 0 Å². The number of carbonyl (C=O) groups is 2. The molecule has 5 heteroatoms. The van der Waals surface area contributed by atoms with Crippen molar-refractivity contribution < 1.29 is 14.3 Å². The maximum Gasteiger partial charge on any atom is 0.227 e. The standard InChI is InChI=1S/C20H30N2O3/c1-14(2)15-8-10-18(11-9-15)22-20(24)17-6-4-16(5-7-17)19(23)21-12-13-25-3/h8-11,14,16-17H,4-7,12-13H2,1-3H3,(H,21,23)(H,22,24). The Labute approximate surface area is 150 Å². The Morgan fingerprint density at radius 2 is 1.60 bits per heavy atom. The number of rotatable bonds is 7. The summed E-state index contributed by atoms with van der Waals surface area (Å²) < 4.78 is 4.94. The first-order chi connectivity index (χ1) is 12.0. The fourth-order valence-corrected chi connectivity index (χ4v) is 3.23. The van der Waals surface area contributed by atoms with Gasteiger partial charge in [0.2, 0.25) is 11.8 Å². The van der Waals surface area contributed by atoms with Crippen LogP contribution >= 0.6 is 0 Å². The normalized spacial score (nSPS) is 20.3. The number of benzene rings is 1. The fraction of sp³-hybridized carbons (Fsp3) is 0.600. The van der Waals surface area contributed by atoms with Crippen LogP contribution < -0.4 is 10.6 Å². The second-order valence-electron chi connectivity index (χ2n) is 7.10. The zero-order valence-corrected chi connectivity index (χ0v) is 15.5. The van der Waals surface area contributed by atoms with E-state index in [9.17, 15) is 9.59 Å². The van der Waals surface area contributed by atoms with Crippen molar-refractivity contribution in [1.29, 1.82) is 0 Å². The molecule has 0 aliphatic heterocycles. The van der Waals surface area contributed by atoms with E-state index in [-0.39, 0.29) is 23.7 Å².